The maximum atomic E-state index is 12.1. The molecule has 0 saturated heterocycles. The number of pyridine rings is 1. The fourth-order valence-corrected chi connectivity index (χ4v) is 2.20. The van der Waals surface area contributed by atoms with Crippen LogP contribution in [0.5, 0.6) is 0 Å². The van der Waals surface area contributed by atoms with Crippen molar-refractivity contribution in [2.75, 3.05) is 11.1 Å². The molecule has 0 aliphatic rings. The van der Waals surface area contributed by atoms with Crippen molar-refractivity contribution in [3.05, 3.63) is 58.6 Å². The van der Waals surface area contributed by atoms with Gasteiger partial charge < -0.3 is 10.4 Å². The molecule has 0 aliphatic carbocycles. The first-order valence-electron chi connectivity index (χ1n) is 6.35. The van der Waals surface area contributed by atoms with Gasteiger partial charge in [0, 0.05) is 22.5 Å². The summed E-state index contributed by atoms with van der Waals surface area (Å²) in [4.78, 5) is 29.3. The molecular formula is C14H11N5O3S. The summed E-state index contributed by atoms with van der Waals surface area (Å²) >= 11 is 1.07. The lowest BCUT2D eigenvalue weighted by atomic mass is 10.2. The van der Waals surface area contributed by atoms with Crippen LogP contribution in [0.3, 0.4) is 0 Å². The molecule has 2 aromatic rings. The molecule has 8 nitrogen and oxygen atoms in total. The number of carbonyl (C=O) groups is 2. The first kappa shape index (κ1) is 16.3. The van der Waals surface area contributed by atoms with E-state index in [1.54, 1.807) is 36.4 Å². The van der Waals surface area contributed by atoms with Gasteiger partial charge in [-0.2, -0.15) is 0 Å². The zero-order valence-electron chi connectivity index (χ0n) is 11.7. The van der Waals surface area contributed by atoms with E-state index in [0.717, 1.165) is 11.8 Å². The lowest BCUT2D eigenvalue weighted by Gasteiger charge is -2.06. The molecule has 0 spiro atoms. The number of anilines is 1. The third kappa shape index (κ3) is 5.03. The highest BCUT2D eigenvalue weighted by Gasteiger charge is 2.08. The normalized spacial score (nSPS) is 9.74. The van der Waals surface area contributed by atoms with E-state index in [-0.39, 0.29) is 11.7 Å². The predicted octanol–water partition coefficient (Wildman–Crippen LogP) is 3.45. The summed E-state index contributed by atoms with van der Waals surface area (Å²) in [5.74, 6) is -1.39. The third-order valence-electron chi connectivity index (χ3n) is 2.61. The minimum atomic E-state index is -0.932. The number of carbonyl (C=O) groups excluding carboxylic acids is 1. The average Bonchev–Trinajstić information content (AvgIpc) is 2.54. The zero-order chi connectivity index (χ0) is 16.7. The van der Waals surface area contributed by atoms with Crippen LogP contribution >= 0.6 is 11.8 Å². The summed E-state index contributed by atoms with van der Waals surface area (Å²) in [5, 5.41) is 15.2. The molecule has 23 heavy (non-hydrogen) atoms. The van der Waals surface area contributed by atoms with E-state index < -0.39 is 5.97 Å². The van der Waals surface area contributed by atoms with Gasteiger partial charge in [0.1, 0.15) is 0 Å². The summed E-state index contributed by atoms with van der Waals surface area (Å²) in [6.07, 6.45) is 1.37. The molecule has 0 aliphatic heterocycles. The number of carboxylic acid groups (broad SMARTS) is 1. The number of aliphatic carboxylic acids is 1. The van der Waals surface area contributed by atoms with Gasteiger partial charge in [-0.1, -0.05) is 29.0 Å². The Kier molecular flexibility index (Phi) is 5.56. The van der Waals surface area contributed by atoms with E-state index >= 15 is 0 Å². The highest BCUT2D eigenvalue weighted by molar-refractivity contribution is 7.99. The largest absolute Gasteiger partial charge is 0.481 e. The van der Waals surface area contributed by atoms with Crippen molar-refractivity contribution < 1.29 is 14.7 Å². The van der Waals surface area contributed by atoms with Crippen LogP contribution in [-0.2, 0) is 4.79 Å². The lowest BCUT2D eigenvalue weighted by molar-refractivity contribution is -0.133. The van der Waals surface area contributed by atoms with Crippen LogP contribution in [-0.4, -0.2) is 27.7 Å². The van der Waals surface area contributed by atoms with Crippen molar-refractivity contribution in [3.63, 3.8) is 0 Å². The number of amides is 1. The van der Waals surface area contributed by atoms with Gasteiger partial charge in [0.05, 0.1) is 16.3 Å². The minimum absolute atomic E-state index is 0.0925. The number of nitrogens with one attached hydrogen (secondary N) is 1. The van der Waals surface area contributed by atoms with Crippen molar-refractivity contribution in [2.45, 2.75) is 5.03 Å². The second-order valence-corrected chi connectivity index (χ2v) is 5.26. The number of nitrogens with zero attached hydrogens (tertiary/aromatic N) is 4. The lowest BCUT2D eigenvalue weighted by Crippen LogP contribution is -2.12. The number of hydrogen-bond acceptors (Lipinski definition) is 5. The van der Waals surface area contributed by atoms with Crippen molar-refractivity contribution >= 4 is 35.0 Å². The molecule has 1 amide bonds. The number of azide groups is 1. The van der Waals surface area contributed by atoms with Crippen LogP contribution in [0, 0.1) is 0 Å². The fraction of sp³-hybridized carbons (Fsp3) is 0.0714. The Balaban J connectivity index is 2.04. The molecule has 1 aromatic carbocycles. The maximum Gasteiger partial charge on any atom is 0.313 e. The van der Waals surface area contributed by atoms with Gasteiger partial charge >= 0.3 is 5.97 Å². The maximum absolute atomic E-state index is 12.1. The standard InChI is InChI=1S/C14H11N5O3S/c15-19-18-11-3-1-2-10(6-11)17-14(22)9-4-5-12(16-7-9)23-8-13(20)21/h1-7H,8H2,(H,17,22)(H,20,21). The fourth-order valence-electron chi connectivity index (χ4n) is 1.64. The summed E-state index contributed by atoms with van der Waals surface area (Å²) < 4.78 is 0. The number of hydrogen-bond donors (Lipinski definition) is 2. The smallest absolute Gasteiger partial charge is 0.313 e. The minimum Gasteiger partial charge on any atom is -0.481 e. The quantitative estimate of drug-likeness (QED) is 0.363. The number of carboxylic acids is 1. The summed E-state index contributed by atoms with van der Waals surface area (Å²) in [7, 11) is 0. The highest BCUT2D eigenvalue weighted by atomic mass is 32.2. The van der Waals surface area contributed by atoms with E-state index in [2.05, 4.69) is 20.3 Å². The van der Waals surface area contributed by atoms with Crippen molar-refractivity contribution in [1.82, 2.24) is 4.98 Å². The Morgan fingerprint density at radius 2 is 2.17 bits per heavy atom. The van der Waals surface area contributed by atoms with Gasteiger partial charge in [-0.25, -0.2) is 4.98 Å². The van der Waals surface area contributed by atoms with Gasteiger partial charge in [0.15, 0.2) is 0 Å². The Labute approximate surface area is 135 Å². The monoisotopic (exact) mass is 329 g/mol. The van der Waals surface area contributed by atoms with Crippen molar-refractivity contribution in [1.29, 1.82) is 0 Å². The average molecular weight is 329 g/mol. The first-order valence-corrected chi connectivity index (χ1v) is 7.34. The SMILES string of the molecule is [N-]=[N+]=Nc1cccc(NC(=O)c2ccc(SCC(=O)O)nc2)c1. The van der Waals surface area contributed by atoms with Crippen LogP contribution in [0.15, 0.2) is 52.7 Å². The summed E-state index contributed by atoms with van der Waals surface area (Å²) in [5.41, 5.74) is 9.61. The number of thioether (sulfide) groups is 1. The van der Waals surface area contributed by atoms with Gasteiger partial charge in [-0.05, 0) is 29.8 Å². The molecule has 0 unspecified atom stereocenters. The first-order chi connectivity index (χ1) is 11.1. The van der Waals surface area contributed by atoms with Crippen LogP contribution in [0.4, 0.5) is 11.4 Å². The van der Waals surface area contributed by atoms with Gasteiger partial charge in [-0.3, -0.25) is 9.59 Å². The number of aromatic nitrogens is 1. The Bertz CT molecular complexity index is 772. The molecular weight excluding hydrogens is 318 g/mol. The van der Waals surface area contributed by atoms with Crippen LogP contribution in [0.25, 0.3) is 10.4 Å². The van der Waals surface area contributed by atoms with Crippen molar-refractivity contribution in [2.24, 2.45) is 5.11 Å². The Morgan fingerprint density at radius 1 is 1.35 bits per heavy atom. The molecule has 1 aromatic heterocycles. The molecule has 1 heterocycles. The Morgan fingerprint density at radius 3 is 2.83 bits per heavy atom. The van der Waals surface area contributed by atoms with E-state index in [9.17, 15) is 9.59 Å². The van der Waals surface area contributed by atoms with Gasteiger partial charge in [-0.15, -0.1) is 0 Å². The molecule has 0 bridgehead atoms. The molecule has 0 fully saturated rings. The molecule has 9 heteroatoms. The predicted molar refractivity (Wildman–Crippen MR) is 85.8 cm³/mol. The van der Waals surface area contributed by atoms with Crippen LogP contribution in [0.1, 0.15) is 10.4 Å². The van der Waals surface area contributed by atoms with Crippen molar-refractivity contribution in [3.8, 4) is 0 Å². The highest BCUT2D eigenvalue weighted by Crippen LogP contribution is 2.19. The molecule has 2 N–H and O–H groups in total. The zero-order valence-corrected chi connectivity index (χ0v) is 12.5. The summed E-state index contributed by atoms with van der Waals surface area (Å²) in [6.45, 7) is 0. The second-order valence-electron chi connectivity index (χ2n) is 4.26. The molecule has 0 saturated carbocycles. The molecule has 0 atom stereocenters. The number of benzene rings is 1. The molecule has 0 radical (unpaired) electrons. The van der Waals surface area contributed by atoms with E-state index in [4.69, 9.17) is 10.6 Å². The second kappa shape index (κ2) is 7.83. The molecule has 2 rings (SSSR count). The van der Waals surface area contributed by atoms with Crippen LogP contribution in [0.2, 0.25) is 0 Å². The van der Waals surface area contributed by atoms with Crippen LogP contribution < -0.4 is 5.32 Å². The van der Waals surface area contributed by atoms with Gasteiger partial charge in [0.2, 0.25) is 0 Å². The van der Waals surface area contributed by atoms with E-state index in [1.165, 1.54) is 6.20 Å². The number of rotatable bonds is 6. The van der Waals surface area contributed by atoms with Gasteiger partial charge in [0.25, 0.3) is 5.91 Å². The van der Waals surface area contributed by atoms with E-state index in [0.29, 0.717) is 22.0 Å². The summed E-state index contributed by atoms with van der Waals surface area (Å²) in [6, 6.07) is 9.62. The topological polar surface area (TPSA) is 128 Å². The third-order valence-corrected chi connectivity index (χ3v) is 3.53. The Hall–Kier alpha value is -3.03. The van der Waals surface area contributed by atoms with E-state index in [1.807, 2.05) is 0 Å². The molecule has 116 valence electrons.